The van der Waals surface area contributed by atoms with E-state index >= 15 is 0 Å². The molecule has 1 aliphatic heterocycles. The zero-order valence-corrected chi connectivity index (χ0v) is 19.2. The van der Waals surface area contributed by atoms with E-state index in [1.165, 1.54) is 47.3 Å². The number of urea groups is 1. The Morgan fingerprint density at radius 1 is 1.47 bits per heavy atom. The van der Waals surface area contributed by atoms with Gasteiger partial charge in [-0.15, -0.1) is 0 Å². The molecule has 13 heteroatoms. The quantitative estimate of drug-likeness (QED) is 0.184. The number of thioether (sulfide) groups is 1. The number of nitrogens with zero attached hydrogens (tertiary/aromatic N) is 4. The summed E-state index contributed by atoms with van der Waals surface area (Å²) < 4.78 is 4.70. The number of anilines is 1. The number of halogens is 1. The van der Waals surface area contributed by atoms with Gasteiger partial charge < -0.3 is 9.73 Å². The molecule has 32 heavy (non-hydrogen) atoms. The van der Waals surface area contributed by atoms with Gasteiger partial charge in [0.15, 0.2) is 10.5 Å². The minimum absolute atomic E-state index is 0.267. The van der Waals surface area contributed by atoms with E-state index in [2.05, 4.69) is 10.4 Å². The van der Waals surface area contributed by atoms with E-state index in [4.69, 9.17) is 28.2 Å². The number of hydrogen-bond acceptors (Lipinski definition) is 8. The maximum absolute atomic E-state index is 12.6. The number of hydrazone groups is 1. The molecule has 1 aromatic carbocycles. The number of thiocarbonyl (C=S) groups is 1. The fraction of sp³-hybridized carbons (Fsp3) is 0.211. The Hall–Kier alpha value is -2.93. The summed E-state index contributed by atoms with van der Waals surface area (Å²) in [4.78, 5) is 22.7. The summed E-state index contributed by atoms with van der Waals surface area (Å²) in [5.74, 6) is -0.106. The van der Waals surface area contributed by atoms with Crippen molar-refractivity contribution in [1.82, 2.24) is 10.1 Å². The highest BCUT2D eigenvalue weighted by atomic mass is 35.5. The molecule has 1 aliphatic rings. The lowest BCUT2D eigenvalue weighted by Gasteiger charge is -2.34. The van der Waals surface area contributed by atoms with E-state index in [0.717, 1.165) is 0 Å². The first kappa shape index (κ1) is 23.7. The van der Waals surface area contributed by atoms with Gasteiger partial charge in [0.25, 0.3) is 0 Å². The van der Waals surface area contributed by atoms with Gasteiger partial charge in [0.1, 0.15) is 10.7 Å². The summed E-state index contributed by atoms with van der Waals surface area (Å²) in [6.07, 6.45) is 3.43. The Labute approximate surface area is 197 Å². The number of allylic oxidation sites excluding steroid dienone is 1. The topological polar surface area (TPSA) is 124 Å². The second-order valence-corrected chi connectivity index (χ2v) is 9.76. The molecule has 0 bridgehead atoms. The molecule has 0 saturated carbocycles. The van der Waals surface area contributed by atoms with E-state index in [9.17, 15) is 20.1 Å². The second kappa shape index (κ2) is 9.69. The summed E-state index contributed by atoms with van der Waals surface area (Å²) in [6, 6.07) is 8.41. The van der Waals surface area contributed by atoms with Gasteiger partial charge in [-0.3, -0.25) is 15.3 Å². The van der Waals surface area contributed by atoms with Crippen molar-refractivity contribution in [2.24, 2.45) is 5.10 Å². The lowest BCUT2D eigenvalue weighted by molar-refractivity contribution is -0.402. The predicted molar refractivity (Wildman–Crippen MR) is 127 cm³/mol. The number of amides is 2. The zero-order chi connectivity index (χ0) is 23.5. The van der Waals surface area contributed by atoms with Crippen molar-refractivity contribution in [3.63, 3.8) is 0 Å². The van der Waals surface area contributed by atoms with Crippen molar-refractivity contribution in [1.29, 1.82) is 0 Å². The van der Waals surface area contributed by atoms with E-state index in [0.29, 0.717) is 20.1 Å². The van der Waals surface area contributed by atoms with Gasteiger partial charge in [-0.25, -0.2) is 9.80 Å². The molecule has 1 aromatic heterocycles. The molecule has 2 aromatic rings. The third-order valence-corrected chi connectivity index (χ3v) is 6.01. The van der Waals surface area contributed by atoms with Crippen LogP contribution in [-0.2, 0) is 0 Å². The lowest BCUT2D eigenvalue weighted by Crippen LogP contribution is -2.54. The van der Waals surface area contributed by atoms with Crippen LogP contribution in [0.25, 0.3) is 6.08 Å². The van der Waals surface area contributed by atoms with Gasteiger partial charge in [0.05, 0.1) is 10.8 Å². The molecule has 10 nitrogen and oxygen atoms in total. The molecule has 0 radical (unpaired) electrons. The first-order valence-electron chi connectivity index (χ1n) is 9.10. The Morgan fingerprint density at radius 2 is 2.22 bits per heavy atom. The van der Waals surface area contributed by atoms with Gasteiger partial charge in [-0.05, 0) is 50.3 Å². The van der Waals surface area contributed by atoms with Crippen LogP contribution in [0.2, 0.25) is 5.02 Å². The van der Waals surface area contributed by atoms with Crippen LogP contribution in [0, 0.1) is 10.1 Å². The normalized spacial score (nSPS) is 17.9. The van der Waals surface area contributed by atoms with Gasteiger partial charge in [0.2, 0.25) is 0 Å². The molecular weight excluding hydrogens is 478 g/mol. The average molecular weight is 496 g/mol. The highest BCUT2D eigenvalue weighted by Crippen LogP contribution is 2.42. The minimum atomic E-state index is -0.909. The molecular formula is C19H18ClN5O5S2. The summed E-state index contributed by atoms with van der Waals surface area (Å²) in [6.45, 7) is 3.63. The van der Waals surface area contributed by atoms with Crippen LogP contribution < -0.4 is 5.32 Å². The van der Waals surface area contributed by atoms with Crippen LogP contribution in [-0.4, -0.2) is 47.7 Å². The Morgan fingerprint density at radius 3 is 2.88 bits per heavy atom. The number of carbonyl (C=O) groups excluding carboxylic acids is 1. The molecule has 2 amide bonds. The van der Waals surface area contributed by atoms with Crippen molar-refractivity contribution < 1.29 is 19.3 Å². The summed E-state index contributed by atoms with van der Waals surface area (Å²) in [7, 11) is 0. The molecule has 168 valence electrons. The van der Waals surface area contributed by atoms with Gasteiger partial charge in [0, 0.05) is 16.9 Å². The molecule has 1 saturated heterocycles. The molecule has 0 unspecified atom stereocenters. The number of nitro groups is 1. The highest BCUT2D eigenvalue weighted by Gasteiger charge is 2.50. The van der Waals surface area contributed by atoms with Crippen molar-refractivity contribution in [2.45, 2.75) is 24.8 Å². The molecule has 0 aliphatic carbocycles. The molecule has 3 rings (SSSR count). The number of furan rings is 1. The standard InChI is InChI=1S/C19H18ClN5O5S2/c1-19(2)16(24(27)17(26)22-13-6-3-5-12(20)11-13)23(18(31)32-19)21-10-4-7-14-8-9-15(30-14)25(28)29/h3-11,16,27H,1-2H3,(H,22,26)/b7-4+,21-10-/t16-/m0/s1. The second-order valence-electron chi connectivity index (χ2n) is 7.03. The van der Waals surface area contributed by atoms with Crippen LogP contribution in [0.4, 0.5) is 16.4 Å². The van der Waals surface area contributed by atoms with E-state index in [-0.39, 0.29) is 11.6 Å². The predicted octanol–water partition coefficient (Wildman–Crippen LogP) is 5.20. The first-order valence-corrected chi connectivity index (χ1v) is 10.7. The fourth-order valence-electron chi connectivity index (χ4n) is 2.86. The number of benzene rings is 1. The van der Waals surface area contributed by atoms with Crippen LogP contribution in [0.5, 0.6) is 0 Å². The van der Waals surface area contributed by atoms with Gasteiger partial charge in [-0.2, -0.15) is 10.2 Å². The van der Waals surface area contributed by atoms with Gasteiger partial charge in [-0.1, -0.05) is 41.6 Å². The molecule has 1 fully saturated rings. The maximum Gasteiger partial charge on any atom is 0.433 e. The van der Waals surface area contributed by atoms with E-state index in [1.807, 2.05) is 13.8 Å². The smallest absolute Gasteiger partial charge is 0.401 e. The molecule has 0 spiro atoms. The number of hydrogen-bond donors (Lipinski definition) is 2. The number of nitrogens with one attached hydrogen (secondary N) is 1. The van der Waals surface area contributed by atoms with Crippen molar-refractivity contribution >= 4 is 69.8 Å². The Bertz CT molecular complexity index is 1100. The molecule has 2 heterocycles. The van der Waals surface area contributed by atoms with Crippen molar-refractivity contribution in [3.8, 4) is 0 Å². The monoisotopic (exact) mass is 495 g/mol. The van der Waals surface area contributed by atoms with Crippen LogP contribution in [0.1, 0.15) is 19.6 Å². The van der Waals surface area contributed by atoms with Gasteiger partial charge >= 0.3 is 11.9 Å². The first-order chi connectivity index (χ1) is 15.1. The van der Waals surface area contributed by atoms with Crippen LogP contribution in [0.3, 0.4) is 0 Å². The lowest BCUT2D eigenvalue weighted by atomic mass is 10.1. The average Bonchev–Trinajstić information content (AvgIpc) is 3.26. The number of rotatable bonds is 6. The summed E-state index contributed by atoms with van der Waals surface area (Å²) in [5, 5.41) is 30.5. The van der Waals surface area contributed by atoms with E-state index < -0.39 is 21.9 Å². The minimum Gasteiger partial charge on any atom is -0.401 e. The van der Waals surface area contributed by atoms with Crippen molar-refractivity contribution in [3.05, 3.63) is 63.4 Å². The highest BCUT2D eigenvalue weighted by molar-refractivity contribution is 8.24. The Kier molecular flexibility index (Phi) is 7.19. The largest absolute Gasteiger partial charge is 0.433 e. The SMILES string of the molecule is CC1(C)SC(=S)N(/N=C\C=C\c2ccc([N+](=O)[O-])o2)[C@H]1N(O)C(=O)Nc1cccc(Cl)c1. The van der Waals surface area contributed by atoms with Crippen LogP contribution in [0.15, 0.2) is 52.0 Å². The Balaban J connectivity index is 1.74. The summed E-state index contributed by atoms with van der Waals surface area (Å²) >= 11 is 12.6. The van der Waals surface area contributed by atoms with E-state index in [1.54, 1.807) is 24.3 Å². The number of hydroxylamine groups is 2. The summed E-state index contributed by atoms with van der Waals surface area (Å²) in [5.41, 5.74) is 0.415. The molecule has 1 atom stereocenters. The molecule has 2 N–H and O–H groups in total. The number of carbonyl (C=O) groups is 1. The van der Waals surface area contributed by atoms with Crippen LogP contribution >= 0.6 is 35.6 Å². The third kappa shape index (κ3) is 5.46. The van der Waals surface area contributed by atoms with Crippen molar-refractivity contribution in [2.75, 3.05) is 5.32 Å². The third-order valence-electron chi connectivity index (χ3n) is 4.24. The zero-order valence-electron chi connectivity index (χ0n) is 16.8. The fourth-order valence-corrected chi connectivity index (χ4v) is 4.84. The maximum atomic E-state index is 12.6.